The van der Waals surface area contributed by atoms with E-state index in [4.69, 9.17) is 0 Å². The SMILES string of the molecule is Cc1nc2ccccc2n1CCNC(=O)C1CCCNC1.Cl.Cl. The molecular formula is C16H24Cl2N4O. The Labute approximate surface area is 149 Å². The number of para-hydroxylation sites is 2. The summed E-state index contributed by atoms with van der Waals surface area (Å²) in [5.41, 5.74) is 2.14. The van der Waals surface area contributed by atoms with Gasteiger partial charge in [0.2, 0.25) is 5.91 Å². The summed E-state index contributed by atoms with van der Waals surface area (Å²) in [6.45, 7) is 5.25. The van der Waals surface area contributed by atoms with E-state index >= 15 is 0 Å². The smallest absolute Gasteiger partial charge is 0.224 e. The molecule has 128 valence electrons. The molecule has 1 amide bonds. The first-order chi connectivity index (χ1) is 10.3. The van der Waals surface area contributed by atoms with Crippen molar-refractivity contribution in [2.24, 2.45) is 5.92 Å². The maximum atomic E-state index is 12.1. The lowest BCUT2D eigenvalue weighted by atomic mass is 9.99. The minimum absolute atomic E-state index is 0. The van der Waals surface area contributed by atoms with Crippen LogP contribution in [0.4, 0.5) is 0 Å². The normalized spacial score (nSPS) is 17.2. The number of fused-ring (bicyclic) bond motifs is 1. The van der Waals surface area contributed by atoms with Gasteiger partial charge in [0, 0.05) is 19.6 Å². The Morgan fingerprint density at radius 1 is 1.39 bits per heavy atom. The van der Waals surface area contributed by atoms with Gasteiger partial charge in [0.15, 0.2) is 0 Å². The molecule has 1 atom stereocenters. The molecule has 7 heteroatoms. The number of hydrogen-bond acceptors (Lipinski definition) is 3. The van der Waals surface area contributed by atoms with Gasteiger partial charge in [0.25, 0.3) is 0 Å². The van der Waals surface area contributed by atoms with E-state index < -0.39 is 0 Å². The summed E-state index contributed by atoms with van der Waals surface area (Å²) < 4.78 is 2.16. The summed E-state index contributed by atoms with van der Waals surface area (Å²) in [6.07, 6.45) is 2.08. The molecule has 2 heterocycles. The molecule has 1 saturated heterocycles. The van der Waals surface area contributed by atoms with Crippen LogP contribution in [-0.4, -0.2) is 35.1 Å². The molecule has 5 nitrogen and oxygen atoms in total. The fraction of sp³-hybridized carbons (Fsp3) is 0.500. The number of nitrogens with zero attached hydrogens (tertiary/aromatic N) is 2. The van der Waals surface area contributed by atoms with Gasteiger partial charge in [-0.2, -0.15) is 0 Å². The molecule has 1 aliphatic rings. The largest absolute Gasteiger partial charge is 0.354 e. The highest BCUT2D eigenvalue weighted by Gasteiger charge is 2.20. The van der Waals surface area contributed by atoms with E-state index in [0.717, 1.165) is 49.3 Å². The zero-order valence-electron chi connectivity index (χ0n) is 13.2. The summed E-state index contributed by atoms with van der Waals surface area (Å²) in [5, 5.41) is 6.33. The number of halogens is 2. The van der Waals surface area contributed by atoms with E-state index in [1.807, 2.05) is 25.1 Å². The quantitative estimate of drug-likeness (QED) is 0.881. The van der Waals surface area contributed by atoms with Crippen LogP contribution < -0.4 is 10.6 Å². The third-order valence-corrected chi connectivity index (χ3v) is 4.15. The fourth-order valence-corrected chi connectivity index (χ4v) is 2.99. The van der Waals surface area contributed by atoms with Gasteiger partial charge in [-0.3, -0.25) is 4.79 Å². The van der Waals surface area contributed by atoms with Crippen LogP contribution in [-0.2, 0) is 11.3 Å². The van der Waals surface area contributed by atoms with E-state index in [1.54, 1.807) is 0 Å². The Kier molecular flexibility index (Phi) is 7.82. The fourth-order valence-electron chi connectivity index (χ4n) is 2.99. The molecule has 0 radical (unpaired) electrons. The summed E-state index contributed by atoms with van der Waals surface area (Å²) >= 11 is 0. The standard InChI is InChI=1S/C16H22N4O.2ClH/c1-12-19-14-6-2-3-7-15(14)20(12)10-9-18-16(21)13-5-4-8-17-11-13;;/h2-3,6-7,13,17H,4-5,8-11H2,1H3,(H,18,21);2*1H. The first-order valence-corrected chi connectivity index (χ1v) is 7.66. The Morgan fingerprint density at radius 2 is 2.17 bits per heavy atom. The summed E-state index contributed by atoms with van der Waals surface area (Å²) in [6, 6.07) is 8.11. The van der Waals surface area contributed by atoms with E-state index in [1.165, 1.54) is 0 Å². The third-order valence-electron chi connectivity index (χ3n) is 4.15. The van der Waals surface area contributed by atoms with Crippen molar-refractivity contribution < 1.29 is 4.79 Å². The minimum atomic E-state index is 0. The van der Waals surface area contributed by atoms with Crippen LogP contribution in [0.15, 0.2) is 24.3 Å². The second-order valence-corrected chi connectivity index (χ2v) is 5.63. The monoisotopic (exact) mass is 358 g/mol. The lowest BCUT2D eigenvalue weighted by Gasteiger charge is -2.22. The van der Waals surface area contributed by atoms with Gasteiger partial charge in [-0.1, -0.05) is 12.1 Å². The molecule has 1 aliphatic heterocycles. The number of rotatable bonds is 4. The minimum Gasteiger partial charge on any atom is -0.354 e. The molecule has 1 fully saturated rings. The van der Waals surface area contributed by atoms with E-state index in [-0.39, 0.29) is 36.6 Å². The Balaban J connectivity index is 0.00000132. The zero-order chi connectivity index (χ0) is 14.7. The van der Waals surface area contributed by atoms with Crippen molar-refractivity contribution in [3.8, 4) is 0 Å². The predicted molar refractivity (Wildman–Crippen MR) is 97.6 cm³/mol. The third kappa shape index (κ3) is 4.59. The van der Waals surface area contributed by atoms with Gasteiger partial charge in [0.05, 0.1) is 17.0 Å². The van der Waals surface area contributed by atoms with Crippen molar-refractivity contribution >= 4 is 41.8 Å². The lowest BCUT2D eigenvalue weighted by molar-refractivity contribution is -0.125. The highest BCUT2D eigenvalue weighted by Crippen LogP contribution is 2.15. The molecule has 0 spiro atoms. The first kappa shape index (κ1) is 19.7. The van der Waals surface area contributed by atoms with Crippen LogP contribution >= 0.6 is 24.8 Å². The summed E-state index contributed by atoms with van der Waals surface area (Å²) in [7, 11) is 0. The van der Waals surface area contributed by atoms with Crippen LogP contribution in [0.1, 0.15) is 18.7 Å². The van der Waals surface area contributed by atoms with E-state index in [9.17, 15) is 4.79 Å². The zero-order valence-corrected chi connectivity index (χ0v) is 14.9. The molecule has 2 N–H and O–H groups in total. The van der Waals surface area contributed by atoms with Crippen LogP contribution in [0.3, 0.4) is 0 Å². The van der Waals surface area contributed by atoms with Crippen LogP contribution in [0, 0.1) is 12.8 Å². The van der Waals surface area contributed by atoms with Crippen molar-refractivity contribution in [1.29, 1.82) is 0 Å². The van der Waals surface area contributed by atoms with Gasteiger partial charge in [-0.15, -0.1) is 24.8 Å². The maximum Gasteiger partial charge on any atom is 0.224 e. The molecule has 1 aromatic heterocycles. The second kappa shape index (κ2) is 9.11. The number of carbonyl (C=O) groups excluding carboxylic acids is 1. The van der Waals surface area contributed by atoms with Gasteiger partial charge < -0.3 is 15.2 Å². The van der Waals surface area contributed by atoms with Gasteiger partial charge in [-0.05, 0) is 38.4 Å². The maximum absolute atomic E-state index is 12.1. The molecule has 0 aliphatic carbocycles. The average Bonchev–Trinajstić information content (AvgIpc) is 2.84. The number of nitrogens with one attached hydrogen (secondary N) is 2. The lowest BCUT2D eigenvalue weighted by Crippen LogP contribution is -2.41. The number of piperidine rings is 1. The van der Waals surface area contributed by atoms with E-state index in [0.29, 0.717) is 6.54 Å². The molecule has 23 heavy (non-hydrogen) atoms. The number of aryl methyl sites for hydroxylation is 1. The van der Waals surface area contributed by atoms with Gasteiger partial charge in [-0.25, -0.2) is 4.98 Å². The highest BCUT2D eigenvalue weighted by atomic mass is 35.5. The second-order valence-electron chi connectivity index (χ2n) is 5.63. The highest BCUT2D eigenvalue weighted by molar-refractivity contribution is 5.85. The molecule has 0 saturated carbocycles. The first-order valence-electron chi connectivity index (χ1n) is 7.66. The molecular weight excluding hydrogens is 335 g/mol. The molecule has 3 rings (SSSR count). The topological polar surface area (TPSA) is 59.0 Å². The van der Waals surface area contributed by atoms with Gasteiger partial charge in [0.1, 0.15) is 5.82 Å². The number of benzene rings is 1. The number of hydrogen-bond donors (Lipinski definition) is 2. The Bertz CT molecular complexity index is 638. The van der Waals surface area contributed by atoms with Crippen LogP contribution in [0.2, 0.25) is 0 Å². The van der Waals surface area contributed by atoms with Crippen LogP contribution in [0.5, 0.6) is 0 Å². The number of amides is 1. The molecule has 2 aromatic rings. The van der Waals surface area contributed by atoms with Crippen LogP contribution in [0.25, 0.3) is 11.0 Å². The number of aromatic nitrogens is 2. The van der Waals surface area contributed by atoms with Crippen molar-refractivity contribution in [1.82, 2.24) is 20.2 Å². The number of imidazole rings is 1. The van der Waals surface area contributed by atoms with E-state index in [2.05, 4.69) is 26.3 Å². The van der Waals surface area contributed by atoms with Gasteiger partial charge >= 0.3 is 0 Å². The average molecular weight is 359 g/mol. The Morgan fingerprint density at radius 3 is 2.91 bits per heavy atom. The molecule has 1 aromatic carbocycles. The van der Waals surface area contributed by atoms with Crippen molar-refractivity contribution in [2.45, 2.75) is 26.3 Å². The molecule has 1 unspecified atom stereocenters. The predicted octanol–water partition coefficient (Wildman–Crippen LogP) is 2.30. The van der Waals surface area contributed by atoms with Crippen molar-refractivity contribution in [3.63, 3.8) is 0 Å². The van der Waals surface area contributed by atoms with Crippen molar-refractivity contribution in [2.75, 3.05) is 19.6 Å². The number of carbonyl (C=O) groups is 1. The van der Waals surface area contributed by atoms with Crippen molar-refractivity contribution in [3.05, 3.63) is 30.1 Å². The summed E-state index contributed by atoms with van der Waals surface area (Å²) in [4.78, 5) is 16.6. The molecule has 0 bridgehead atoms. The summed E-state index contributed by atoms with van der Waals surface area (Å²) in [5.74, 6) is 1.29. The Hall–Kier alpha value is -1.30.